The van der Waals surface area contributed by atoms with Crippen molar-refractivity contribution in [2.75, 3.05) is 6.61 Å². The fraction of sp³-hybridized carbons (Fsp3) is 0.667. The van der Waals surface area contributed by atoms with E-state index >= 15 is 0 Å². The normalized spacial score (nSPS) is 37.5. The molecule has 3 aliphatic rings. The summed E-state index contributed by atoms with van der Waals surface area (Å²) in [5.74, 6) is 0.675. The molecule has 0 amide bonds. The van der Waals surface area contributed by atoms with Crippen molar-refractivity contribution in [3.05, 3.63) is 24.3 Å². The van der Waals surface area contributed by atoms with Crippen molar-refractivity contribution in [2.45, 2.75) is 38.2 Å². The van der Waals surface area contributed by atoms with Crippen LogP contribution >= 0.6 is 0 Å². The maximum absolute atomic E-state index is 5.82. The molecular formula is C12H18O. The highest BCUT2D eigenvalue weighted by Crippen LogP contribution is 2.33. The average Bonchev–Trinajstić information content (AvgIpc) is 2.10. The van der Waals surface area contributed by atoms with Gasteiger partial charge in [-0.15, -0.1) is 0 Å². The second-order valence-corrected chi connectivity index (χ2v) is 4.02. The van der Waals surface area contributed by atoms with Crippen LogP contribution in [0.15, 0.2) is 24.3 Å². The molecule has 1 heteroatoms. The summed E-state index contributed by atoms with van der Waals surface area (Å²) in [5, 5.41) is 0. The molecule has 0 N–H and O–H groups in total. The minimum Gasteiger partial charge on any atom is -0.367 e. The fourth-order valence-corrected chi connectivity index (χ4v) is 2.27. The smallest absolute Gasteiger partial charge is 0.104 e. The third-order valence-corrected chi connectivity index (χ3v) is 3.02. The van der Waals surface area contributed by atoms with Gasteiger partial charge in [0.05, 0.1) is 0 Å². The molecule has 0 spiro atoms. The Hall–Kier alpha value is -0.560. The Bertz CT molecular complexity index is 213. The summed E-state index contributed by atoms with van der Waals surface area (Å²) in [6.45, 7) is 2.88. The number of allylic oxidation sites excluding steroid dienone is 2. The number of fused-ring (bicyclic) bond motifs is 3. The van der Waals surface area contributed by atoms with Crippen molar-refractivity contribution in [1.82, 2.24) is 0 Å². The summed E-state index contributed by atoms with van der Waals surface area (Å²) in [5.41, 5.74) is -0.0499. The first-order chi connectivity index (χ1) is 6.35. The first kappa shape index (κ1) is 9.01. The van der Waals surface area contributed by atoms with Crippen molar-refractivity contribution in [3.8, 4) is 0 Å². The van der Waals surface area contributed by atoms with E-state index in [-0.39, 0.29) is 5.60 Å². The predicted molar refractivity (Wildman–Crippen MR) is 54.6 cm³/mol. The van der Waals surface area contributed by atoms with Gasteiger partial charge in [0.1, 0.15) is 5.60 Å². The number of ether oxygens (including phenoxy) is 1. The van der Waals surface area contributed by atoms with E-state index in [9.17, 15) is 0 Å². The lowest BCUT2D eigenvalue weighted by Crippen LogP contribution is -2.31. The Kier molecular flexibility index (Phi) is 2.54. The minimum absolute atomic E-state index is 0.0499. The molecule has 1 nitrogen and oxygen atoms in total. The van der Waals surface area contributed by atoms with Crippen LogP contribution in [0.25, 0.3) is 0 Å². The van der Waals surface area contributed by atoms with Crippen LogP contribution in [0.2, 0.25) is 0 Å². The number of rotatable bonds is 2. The highest BCUT2D eigenvalue weighted by Gasteiger charge is 2.28. The molecule has 0 aromatic rings. The monoisotopic (exact) mass is 178 g/mol. The molecule has 0 fully saturated rings. The largest absolute Gasteiger partial charge is 0.367 e. The molecule has 0 aliphatic heterocycles. The predicted octanol–water partition coefficient (Wildman–Crippen LogP) is 3.08. The van der Waals surface area contributed by atoms with E-state index in [1.165, 1.54) is 19.3 Å². The van der Waals surface area contributed by atoms with Gasteiger partial charge in [-0.2, -0.15) is 0 Å². The van der Waals surface area contributed by atoms with Crippen LogP contribution < -0.4 is 0 Å². The van der Waals surface area contributed by atoms with E-state index in [1.54, 1.807) is 0 Å². The van der Waals surface area contributed by atoms with Gasteiger partial charge in [0.2, 0.25) is 0 Å². The Morgan fingerprint density at radius 3 is 2.77 bits per heavy atom. The molecule has 0 saturated carbocycles. The standard InChI is InChI=1S/C12H18O/c1-2-13-12-8-4-3-5-11(6-9-12)7-10-12/h6-7,9-11H,2-5,8H2,1H3. The van der Waals surface area contributed by atoms with Gasteiger partial charge in [-0.3, -0.25) is 0 Å². The molecule has 0 radical (unpaired) electrons. The van der Waals surface area contributed by atoms with E-state index < -0.39 is 0 Å². The Morgan fingerprint density at radius 2 is 2.08 bits per heavy atom. The summed E-state index contributed by atoms with van der Waals surface area (Å²) in [4.78, 5) is 0. The minimum atomic E-state index is -0.0499. The quantitative estimate of drug-likeness (QED) is 0.590. The van der Waals surface area contributed by atoms with Gasteiger partial charge in [0.25, 0.3) is 0 Å². The van der Waals surface area contributed by atoms with Crippen LogP contribution in [-0.4, -0.2) is 12.2 Å². The van der Waals surface area contributed by atoms with Crippen molar-refractivity contribution in [3.63, 3.8) is 0 Å². The van der Waals surface area contributed by atoms with Gasteiger partial charge < -0.3 is 4.74 Å². The highest BCUT2D eigenvalue weighted by atomic mass is 16.5. The molecule has 13 heavy (non-hydrogen) atoms. The lowest BCUT2D eigenvalue weighted by Gasteiger charge is -2.33. The van der Waals surface area contributed by atoms with E-state index in [4.69, 9.17) is 4.74 Å². The molecule has 0 heterocycles. The zero-order valence-corrected chi connectivity index (χ0v) is 8.33. The Balaban J connectivity index is 2.17. The van der Waals surface area contributed by atoms with Gasteiger partial charge >= 0.3 is 0 Å². The molecule has 0 aromatic heterocycles. The summed E-state index contributed by atoms with van der Waals surface area (Å²) in [6.07, 6.45) is 14.3. The molecule has 0 saturated heterocycles. The SMILES string of the molecule is CCOC12C=CC(C=C1)CCCC2. The zero-order valence-electron chi connectivity index (χ0n) is 8.33. The van der Waals surface area contributed by atoms with Crippen LogP contribution in [0.4, 0.5) is 0 Å². The van der Waals surface area contributed by atoms with Gasteiger partial charge in [0, 0.05) is 6.61 Å². The molecule has 0 unspecified atom stereocenters. The number of hydrogen-bond donors (Lipinski definition) is 0. The van der Waals surface area contributed by atoms with Gasteiger partial charge in [-0.05, 0) is 32.1 Å². The Morgan fingerprint density at radius 1 is 1.31 bits per heavy atom. The second-order valence-electron chi connectivity index (χ2n) is 4.02. The van der Waals surface area contributed by atoms with Gasteiger partial charge in [-0.1, -0.05) is 30.7 Å². The first-order valence-electron chi connectivity index (χ1n) is 5.37. The molecule has 3 aliphatic carbocycles. The molecule has 3 rings (SSSR count). The van der Waals surface area contributed by atoms with E-state index in [0.717, 1.165) is 13.0 Å². The van der Waals surface area contributed by atoms with E-state index in [0.29, 0.717) is 5.92 Å². The molecule has 0 aromatic carbocycles. The molecular weight excluding hydrogens is 160 g/mol. The summed E-state index contributed by atoms with van der Waals surface area (Å²) >= 11 is 0. The van der Waals surface area contributed by atoms with Crippen LogP contribution in [0.5, 0.6) is 0 Å². The second kappa shape index (κ2) is 3.67. The van der Waals surface area contributed by atoms with Gasteiger partial charge in [-0.25, -0.2) is 0 Å². The lowest BCUT2D eigenvalue weighted by molar-refractivity contribution is 0.0244. The Labute approximate surface area is 80.5 Å². The molecule has 2 bridgehead atoms. The molecule has 72 valence electrons. The van der Waals surface area contributed by atoms with Crippen molar-refractivity contribution < 1.29 is 4.74 Å². The van der Waals surface area contributed by atoms with E-state index in [1.807, 2.05) is 0 Å². The maximum Gasteiger partial charge on any atom is 0.104 e. The summed E-state index contributed by atoms with van der Waals surface area (Å²) < 4.78 is 5.82. The first-order valence-corrected chi connectivity index (χ1v) is 5.37. The third kappa shape index (κ3) is 1.86. The fourth-order valence-electron chi connectivity index (χ4n) is 2.27. The zero-order chi connectivity index (χ0) is 9.15. The number of hydrogen-bond acceptors (Lipinski definition) is 1. The van der Waals surface area contributed by atoms with Crippen molar-refractivity contribution >= 4 is 0 Å². The van der Waals surface area contributed by atoms with Crippen molar-refractivity contribution in [1.29, 1.82) is 0 Å². The third-order valence-electron chi connectivity index (χ3n) is 3.02. The topological polar surface area (TPSA) is 9.23 Å². The van der Waals surface area contributed by atoms with Crippen LogP contribution in [0.3, 0.4) is 0 Å². The average molecular weight is 178 g/mol. The summed E-state index contributed by atoms with van der Waals surface area (Å²) in [7, 11) is 0. The molecule has 0 atom stereocenters. The van der Waals surface area contributed by atoms with Crippen molar-refractivity contribution in [2.24, 2.45) is 5.92 Å². The van der Waals surface area contributed by atoms with Crippen LogP contribution in [0, 0.1) is 5.92 Å². The van der Waals surface area contributed by atoms with Crippen LogP contribution in [-0.2, 0) is 4.74 Å². The van der Waals surface area contributed by atoms with Crippen LogP contribution in [0.1, 0.15) is 32.6 Å². The van der Waals surface area contributed by atoms with E-state index in [2.05, 4.69) is 31.2 Å². The lowest BCUT2D eigenvalue weighted by atomic mass is 9.82. The van der Waals surface area contributed by atoms with Gasteiger partial charge in [0.15, 0.2) is 0 Å². The summed E-state index contributed by atoms with van der Waals surface area (Å²) in [6, 6.07) is 0. The highest BCUT2D eigenvalue weighted by molar-refractivity contribution is 5.24. The maximum atomic E-state index is 5.82.